The predicted octanol–water partition coefficient (Wildman–Crippen LogP) is 2.21. The zero-order valence-corrected chi connectivity index (χ0v) is 12.7. The minimum Gasteiger partial charge on any atom is -0.454 e. The topological polar surface area (TPSA) is 64.8 Å². The second kappa shape index (κ2) is 5.47. The number of carbonyl (C=O) groups is 1. The fraction of sp³-hybridized carbons (Fsp3) is 0.588. The van der Waals surface area contributed by atoms with Crippen molar-refractivity contribution < 1.29 is 14.3 Å². The van der Waals surface area contributed by atoms with Crippen LogP contribution in [0.15, 0.2) is 18.2 Å². The molecule has 0 radical (unpaired) electrons. The van der Waals surface area contributed by atoms with Crippen LogP contribution in [0, 0.1) is 5.92 Å². The number of hydrogen-bond donors (Lipinski definition) is 1. The van der Waals surface area contributed by atoms with Gasteiger partial charge in [-0.05, 0) is 49.8 Å². The van der Waals surface area contributed by atoms with Crippen molar-refractivity contribution in [2.45, 2.75) is 44.2 Å². The van der Waals surface area contributed by atoms with Gasteiger partial charge in [0.2, 0.25) is 12.7 Å². The van der Waals surface area contributed by atoms with Crippen LogP contribution in [0.2, 0.25) is 0 Å². The second-order valence-corrected chi connectivity index (χ2v) is 6.57. The number of rotatable bonds is 2. The van der Waals surface area contributed by atoms with Crippen molar-refractivity contribution in [2.75, 3.05) is 13.3 Å². The summed E-state index contributed by atoms with van der Waals surface area (Å²) in [7, 11) is 0. The molecule has 1 aromatic rings. The molecule has 22 heavy (non-hydrogen) atoms. The summed E-state index contributed by atoms with van der Waals surface area (Å²) in [6, 6.07) is 6.40. The Kier molecular flexibility index (Phi) is 3.45. The Morgan fingerprint density at radius 2 is 2.05 bits per heavy atom. The Bertz CT molecular complexity index is 589. The van der Waals surface area contributed by atoms with Crippen molar-refractivity contribution in [1.82, 2.24) is 4.90 Å². The van der Waals surface area contributed by atoms with Crippen LogP contribution in [0.4, 0.5) is 0 Å². The minimum absolute atomic E-state index is 0.115. The van der Waals surface area contributed by atoms with Crippen LogP contribution in [0.5, 0.6) is 11.5 Å². The van der Waals surface area contributed by atoms with E-state index in [1.165, 1.54) is 0 Å². The maximum Gasteiger partial charge on any atom is 0.231 e. The summed E-state index contributed by atoms with van der Waals surface area (Å²) < 4.78 is 10.8. The molecule has 0 bridgehead atoms. The lowest BCUT2D eigenvalue weighted by atomic mass is 10.0. The van der Waals surface area contributed by atoms with Gasteiger partial charge in [0.05, 0.1) is 6.04 Å². The maximum atomic E-state index is 12.8. The molecule has 1 saturated carbocycles. The standard InChI is InChI=1S/C17H22N2O3/c18-13-5-3-12(8-13)17(20)19-7-1-2-14(19)11-4-6-15-16(9-11)22-10-21-15/h4,6,9,12-14H,1-3,5,7-8,10,18H2/t12-,13-,14-/m1/s1. The van der Waals surface area contributed by atoms with Crippen LogP contribution < -0.4 is 15.2 Å². The summed E-state index contributed by atoms with van der Waals surface area (Å²) in [4.78, 5) is 14.9. The van der Waals surface area contributed by atoms with E-state index in [0.29, 0.717) is 0 Å². The van der Waals surface area contributed by atoms with Gasteiger partial charge >= 0.3 is 0 Å². The summed E-state index contributed by atoms with van der Waals surface area (Å²) in [5.74, 6) is 1.99. The summed E-state index contributed by atoms with van der Waals surface area (Å²) in [5.41, 5.74) is 7.12. The fourth-order valence-corrected chi connectivity index (χ4v) is 3.97. The molecule has 1 amide bonds. The van der Waals surface area contributed by atoms with E-state index >= 15 is 0 Å². The maximum absolute atomic E-state index is 12.8. The summed E-state index contributed by atoms with van der Waals surface area (Å²) in [5, 5.41) is 0. The molecule has 5 nitrogen and oxygen atoms in total. The summed E-state index contributed by atoms with van der Waals surface area (Å²) >= 11 is 0. The van der Waals surface area contributed by atoms with Crippen LogP contribution in [-0.4, -0.2) is 30.2 Å². The molecule has 2 aliphatic heterocycles. The van der Waals surface area contributed by atoms with Gasteiger partial charge in [-0.15, -0.1) is 0 Å². The first-order valence-corrected chi connectivity index (χ1v) is 8.18. The third kappa shape index (κ3) is 2.33. The van der Waals surface area contributed by atoms with E-state index in [2.05, 4.69) is 11.0 Å². The molecule has 1 saturated heterocycles. The lowest BCUT2D eigenvalue weighted by Crippen LogP contribution is -2.35. The van der Waals surface area contributed by atoms with Gasteiger partial charge < -0.3 is 20.1 Å². The quantitative estimate of drug-likeness (QED) is 0.909. The molecule has 3 aliphatic rings. The third-order valence-electron chi connectivity index (χ3n) is 5.14. The van der Waals surface area contributed by atoms with E-state index in [-0.39, 0.29) is 30.7 Å². The third-order valence-corrected chi connectivity index (χ3v) is 5.14. The lowest BCUT2D eigenvalue weighted by molar-refractivity contribution is -0.136. The van der Waals surface area contributed by atoms with Crippen molar-refractivity contribution in [2.24, 2.45) is 11.7 Å². The number of amides is 1. The predicted molar refractivity (Wildman–Crippen MR) is 81.6 cm³/mol. The normalized spacial score (nSPS) is 30.0. The average Bonchev–Trinajstić information content (AvgIpc) is 3.25. The van der Waals surface area contributed by atoms with E-state index in [1.807, 2.05) is 12.1 Å². The van der Waals surface area contributed by atoms with Gasteiger partial charge in [0.25, 0.3) is 0 Å². The summed E-state index contributed by atoms with van der Waals surface area (Å²) in [6.45, 7) is 1.13. The second-order valence-electron chi connectivity index (χ2n) is 6.57. The highest BCUT2D eigenvalue weighted by Gasteiger charge is 2.37. The molecule has 1 aromatic carbocycles. The van der Waals surface area contributed by atoms with Gasteiger partial charge in [-0.2, -0.15) is 0 Å². The van der Waals surface area contributed by atoms with Crippen LogP contribution in [-0.2, 0) is 4.79 Å². The molecule has 0 spiro atoms. The molecule has 0 aromatic heterocycles. The number of benzene rings is 1. The van der Waals surface area contributed by atoms with E-state index in [0.717, 1.165) is 55.7 Å². The highest BCUT2D eigenvalue weighted by molar-refractivity contribution is 5.80. The molecule has 2 fully saturated rings. The van der Waals surface area contributed by atoms with Crippen molar-refractivity contribution >= 4 is 5.91 Å². The molecule has 1 aliphatic carbocycles. The number of carbonyl (C=O) groups excluding carboxylic acids is 1. The Morgan fingerprint density at radius 3 is 2.86 bits per heavy atom. The zero-order valence-electron chi connectivity index (χ0n) is 12.7. The molecule has 5 heteroatoms. The number of fused-ring (bicyclic) bond motifs is 1. The molecule has 2 N–H and O–H groups in total. The Labute approximate surface area is 130 Å². The lowest BCUT2D eigenvalue weighted by Gasteiger charge is -2.28. The minimum atomic E-state index is 0.115. The van der Waals surface area contributed by atoms with Gasteiger partial charge in [0, 0.05) is 18.5 Å². The molecule has 3 atom stereocenters. The molecular formula is C17H22N2O3. The molecule has 2 heterocycles. The van der Waals surface area contributed by atoms with Crippen LogP contribution >= 0.6 is 0 Å². The van der Waals surface area contributed by atoms with Crippen molar-refractivity contribution in [1.29, 1.82) is 0 Å². The monoisotopic (exact) mass is 302 g/mol. The smallest absolute Gasteiger partial charge is 0.231 e. The molecule has 118 valence electrons. The number of ether oxygens (including phenoxy) is 2. The SMILES string of the molecule is N[C@@H]1CC[C@@H](C(=O)N2CCC[C@@H]2c2ccc3c(c2)OCO3)C1. The van der Waals surface area contributed by atoms with E-state index in [1.54, 1.807) is 0 Å². The zero-order chi connectivity index (χ0) is 15.1. The first-order valence-electron chi connectivity index (χ1n) is 8.18. The van der Waals surface area contributed by atoms with E-state index in [9.17, 15) is 4.79 Å². The first-order chi connectivity index (χ1) is 10.7. The molecular weight excluding hydrogens is 280 g/mol. The number of hydrogen-bond acceptors (Lipinski definition) is 4. The fourth-order valence-electron chi connectivity index (χ4n) is 3.97. The van der Waals surface area contributed by atoms with Gasteiger partial charge in [0.15, 0.2) is 11.5 Å². The van der Waals surface area contributed by atoms with E-state index in [4.69, 9.17) is 15.2 Å². The average molecular weight is 302 g/mol. The van der Waals surface area contributed by atoms with Crippen molar-refractivity contribution in [3.63, 3.8) is 0 Å². The number of nitrogens with two attached hydrogens (primary N) is 1. The highest BCUT2D eigenvalue weighted by atomic mass is 16.7. The number of nitrogens with zero attached hydrogens (tertiary/aromatic N) is 1. The Hall–Kier alpha value is -1.75. The van der Waals surface area contributed by atoms with Gasteiger partial charge in [-0.3, -0.25) is 4.79 Å². The summed E-state index contributed by atoms with van der Waals surface area (Å²) in [6.07, 6.45) is 4.82. The van der Waals surface area contributed by atoms with Crippen LogP contribution in [0.25, 0.3) is 0 Å². The van der Waals surface area contributed by atoms with Gasteiger partial charge in [-0.25, -0.2) is 0 Å². The Morgan fingerprint density at radius 1 is 1.18 bits per heavy atom. The van der Waals surface area contributed by atoms with Gasteiger partial charge in [0.1, 0.15) is 0 Å². The first kappa shape index (κ1) is 13.9. The van der Waals surface area contributed by atoms with Gasteiger partial charge in [-0.1, -0.05) is 6.07 Å². The Balaban J connectivity index is 1.54. The van der Waals surface area contributed by atoms with Crippen LogP contribution in [0.3, 0.4) is 0 Å². The molecule has 0 unspecified atom stereocenters. The van der Waals surface area contributed by atoms with E-state index < -0.39 is 0 Å². The van der Waals surface area contributed by atoms with Crippen LogP contribution in [0.1, 0.15) is 43.7 Å². The highest BCUT2D eigenvalue weighted by Crippen LogP contribution is 2.40. The number of likely N-dealkylation sites (tertiary alicyclic amines) is 1. The largest absolute Gasteiger partial charge is 0.454 e. The van der Waals surface area contributed by atoms with Crippen molar-refractivity contribution in [3.05, 3.63) is 23.8 Å². The molecule has 4 rings (SSSR count). The van der Waals surface area contributed by atoms with Crippen molar-refractivity contribution in [3.8, 4) is 11.5 Å².